The number of H-pyrrole nitrogens is 1. The highest BCUT2D eigenvalue weighted by Crippen LogP contribution is 2.35. The first-order valence-electron chi connectivity index (χ1n) is 22.6. The maximum Gasteiger partial charge on any atom is 0.266 e. The normalized spacial score (nSPS) is 19.0. The van der Waals surface area contributed by atoms with Gasteiger partial charge in [-0.25, -0.2) is 9.97 Å². The fourth-order valence-electron chi connectivity index (χ4n) is 9.25. The Kier molecular flexibility index (Phi) is 13.3. The Balaban J connectivity index is 0.667. The number of halogens is 1. The zero-order chi connectivity index (χ0) is 45.7. The Bertz CT molecular complexity index is 2670. The maximum absolute atomic E-state index is 13.7. The van der Waals surface area contributed by atoms with Gasteiger partial charge in [0.2, 0.25) is 17.8 Å². The summed E-state index contributed by atoms with van der Waals surface area (Å²) in [6, 6.07) is 19.4. The number of amides is 6. The van der Waals surface area contributed by atoms with E-state index in [0.717, 1.165) is 91.9 Å². The first-order chi connectivity index (χ1) is 32.1. The molecule has 9 rings (SSSR count). The molecule has 2 unspecified atom stereocenters. The van der Waals surface area contributed by atoms with E-state index in [0.29, 0.717) is 41.9 Å². The van der Waals surface area contributed by atoms with Crippen molar-refractivity contribution in [3.8, 4) is 17.0 Å². The van der Waals surface area contributed by atoms with Gasteiger partial charge in [-0.3, -0.25) is 43.9 Å². The number of carbonyl (C=O) groups excluding carboxylic acids is 6. The van der Waals surface area contributed by atoms with E-state index in [1.807, 2.05) is 59.6 Å². The third-order valence-electron chi connectivity index (χ3n) is 12.7. The standard InChI is InChI=1S/C48H51ClN10O7/c49-36-27-52-48(55-43(36)35-26-51-37-11-3-2-9-33(35)37)53-31-8-7-21-58(28-31)45(63)30-13-15-32(16-14-30)57-24-22-56(23-25-57)20-5-1-4-19-50-41(61)29-66-39-12-6-10-34-42(39)47(65)59(46(34)64)38-17-18-40(60)54-44(38)62/h2-3,6,9-16,26-27,31,38,51H,1,4-5,7-8,17-25,28-29H2,(H,50,61)(H,52,53,55)(H,54,60,62). The fraction of sp³-hybridized carbons (Fsp3) is 0.375. The van der Waals surface area contributed by atoms with Gasteiger partial charge in [-0.15, -0.1) is 0 Å². The second-order valence-corrected chi connectivity index (χ2v) is 17.5. The molecular formula is C48H51ClN10O7. The Morgan fingerprint density at radius 1 is 0.864 bits per heavy atom. The molecule has 0 aliphatic carbocycles. The molecule has 4 aliphatic rings. The molecule has 4 aliphatic heterocycles. The highest BCUT2D eigenvalue weighted by molar-refractivity contribution is 6.33. The number of carbonyl (C=O) groups is 6. The van der Waals surface area contributed by atoms with Crippen LogP contribution in [0.25, 0.3) is 22.2 Å². The summed E-state index contributed by atoms with van der Waals surface area (Å²) >= 11 is 6.56. The lowest BCUT2D eigenvalue weighted by Gasteiger charge is -2.36. The van der Waals surface area contributed by atoms with Crippen LogP contribution >= 0.6 is 11.6 Å². The Morgan fingerprint density at radius 3 is 2.50 bits per heavy atom. The van der Waals surface area contributed by atoms with Gasteiger partial charge < -0.3 is 30.2 Å². The summed E-state index contributed by atoms with van der Waals surface area (Å²) in [6.45, 7) is 5.96. The lowest BCUT2D eigenvalue weighted by atomic mass is 10.0. The molecule has 3 aromatic carbocycles. The number of hydrogen-bond donors (Lipinski definition) is 4. The van der Waals surface area contributed by atoms with Crippen LogP contribution in [0.5, 0.6) is 5.75 Å². The summed E-state index contributed by atoms with van der Waals surface area (Å²) in [7, 11) is 0. The van der Waals surface area contributed by atoms with Crippen LogP contribution in [0.1, 0.15) is 76.0 Å². The maximum atomic E-state index is 13.7. The van der Waals surface area contributed by atoms with Gasteiger partial charge in [0.15, 0.2) is 6.61 Å². The summed E-state index contributed by atoms with van der Waals surface area (Å²) in [5.74, 6) is -2.24. The number of piperazine rings is 1. The van der Waals surface area contributed by atoms with Crippen molar-refractivity contribution in [2.24, 2.45) is 0 Å². The third kappa shape index (κ3) is 9.58. The zero-order valence-corrected chi connectivity index (χ0v) is 37.1. The second-order valence-electron chi connectivity index (χ2n) is 17.1. The molecule has 0 spiro atoms. The number of unbranched alkanes of at least 4 members (excludes halogenated alkanes) is 2. The Labute approximate surface area is 386 Å². The number of anilines is 2. The number of fused-ring (bicyclic) bond motifs is 2. The molecule has 3 saturated heterocycles. The number of piperidine rings is 2. The van der Waals surface area contributed by atoms with E-state index in [4.69, 9.17) is 21.3 Å². The van der Waals surface area contributed by atoms with Crippen molar-refractivity contribution in [2.75, 3.05) is 69.2 Å². The van der Waals surface area contributed by atoms with E-state index in [1.54, 1.807) is 12.3 Å². The molecule has 5 aromatic rings. The van der Waals surface area contributed by atoms with Crippen LogP contribution in [-0.2, 0) is 14.4 Å². The first-order valence-corrected chi connectivity index (χ1v) is 23.0. The zero-order valence-electron chi connectivity index (χ0n) is 36.4. The number of aromatic amines is 1. The number of ether oxygens (including phenoxy) is 1. The highest BCUT2D eigenvalue weighted by Gasteiger charge is 2.46. The van der Waals surface area contributed by atoms with Crippen LogP contribution in [0.2, 0.25) is 5.02 Å². The molecule has 0 radical (unpaired) electrons. The van der Waals surface area contributed by atoms with E-state index in [9.17, 15) is 28.8 Å². The summed E-state index contributed by atoms with van der Waals surface area (Å²) in [5, 5.41) is 10.00. The molecule has 6 heterocycles. The van der Waals surface area contributed by atoms with Gasteiger partial charge >= 0.3 is 0 Å². The van der Waals surface area contributed by atoms with Crippen molar-refractivity contribution in [2.45, 2.75) is 57.0 Å². The van der Waals surface area contributed by atoms with Gasteiger partial charge in [0, 0.05) is 92.2 Å². The smallest absolute Gasteiger partial charge is 0.266 e. The van der Waals surface area contributed by atoms with Crippen molar-refractivity contribution < 1.29 is 33.5 Å². The molecule has 0 bridgehead atoms. The molecule has 3 fully saturated rings. The van der Waals surface area contributed by atoms with Crippen molar-refractivity contribution >= 4 is 69.6 Å². The van der Waals surface area contributed by atoms with Crippen LogP contribution in [0.3, 0.4) is 0 Å². The van der Waals surface area contributed by atoms with Crippen LogP contribution in [0, 0.1) is 0 Å². The van der Waals surface area contributed by atoms with E-state index < -0.39 is 29.7 Å². The van der Waals surface area contributed by atoms with E-state index in [1.165, 1.54) is 12.1 Å². The van der Waals surface area contributed by atoms with Crippen molar-refractivity contribution in [1.29, 1.82) is 0 Å². The van der Waals surface area contributed by atoms with Crippen molar-refractivity contribution in [1.82, 2.24) is 40.3 Å². The van der Waals surface area contributed by atoms with Gasteiger partial charge in [0.1, 0.15) is 11.8 Å². The predicted octanol–water partition coefficient (Wildman–Crippen LogP) is 4.88. The molecule has 66 heavy (non-hydrogen) atoms. The number of nitrogens with one attached hydrogen (secondary N) is 4. The van der Waals surface area contributed by atoms with Crippen molar-refractivity contribution in [3.05, 3.63) is 101 Å². The number of para-hydroxylation sites is 1. The quantitative estimate of drug-likeness (QED) is 0.0821. The topological polar surface area (TPSA) is 202 Å². The summed E-state index contributed by atoms with van der Waals surface area (Å²) in [4.78, 5) is 96.7. The van der Waals surface area contributed by atoms with Crippen molar-refractivity contribution in [3.63, 3.8) is 0 Å². The van der Waals surface area contributed by atoms with Gasteiger partial charge in [-0.1, -0.05) is 42.3 Å². The average molecular weight is 915 g/mol. The predicted molar refractivity (Wildman–Crippen MR) is 247 cm³/mol. The average Bonchev–Trinajstić information content (AvgIpc) is 3.88. The molecule has 18 heteroatoms. The monoisotopic (exact) mass is 914 g/mol. The minimum absolute atomic E-state index is 0.00102. The largest absolute Gasteiger partial charge is 0.483 e. The molecule has 0 saturated carbocycles. The van der Waals surface area contributed by atoms with Crippen LogP contribution in [0.15, 0.2) is 79.1 Å². The molecule has 17 nitrogen and oxygen atoms in total. The van der Waals surface area contributed by atoms with Gasteiger partial charge in [0.05, 0.1) is 28.0 Å². The molecule has 2 atom stereocenters. The number of rotatable bonds is 15. The Hall–Kier alpha value is -6.85. The number of hydrogen-bond acceptors (Lipinski definition) is 12. The molecule has 4 N–H and O–H groups in total. The summed E-state index contributed by atoms with van der Waals surface area (Å²) < 4.78 is 5.69. The minimum atomic E-state index is -1.09. The molecule has 2 aromatic heterocycles. The Morgan fingerprint density at radius 2 is 1.68 bits per heavy atom. The number of nitrogens with zero attached hydrogens (tertiary/aromatic N) is 6. The van der Waals surface area contributed by atoms with Crippen LogP contribution < -0.4 is 25.6 Å². The van der Waals surface area contributed by atoms with Gasteiger partial charge in [-0.2, -0.15) is 0 Å². The van der Waals surface area contributed by atoms with E-state index >= 15 is 0 Å². The van der Waals surface area contributed by atoms with Crippen LogP contribution in [-0.4, -0.2) is 136 Å². The van der Waals surface area contributed by atoms with Crippen LogP contribution in [0.4, 0.5) is 11.6 Å². The lowest BCUT2D eigenvalue weighted by molar-refractivity contribution is -0.136. The molecular weight excluding hydrogens is 864 g/mol. The minimum Gasteiger partial charge on any atom is -0.483 e. The first kappa shape index (κ1) is 44.4. The summed E-state index contributed by atoms with van der Waals surface area (Å²) in [6.07, 6.45) is 8.09. The lowest BCUT2D eigenvalue weighted by Crippen LogP contribution is -2.54. The number of aromatic nitrogens is 3. The van der Waals surface area contributed by atoms with Gasteiger partial charge in [0.25, 0.3) is 23.6 Å². The molecule has 6 amide bonds. The van der Waals surface area contributed by atoms with Gasteiger partial charge in [-0.05, 0) is 81.1 Å². The highest BCUT2D eigenvalue weighted by atomic mass is 35.5. The number of benzene rings is 3. The number of imide groups is 2. The third-order valence-corrected chi connectivity index (χ3v) is 13.0. The van der Waals surface area contributed by atoms with E-state index in [-0.39, 0.29) is 54.2 Å². The molecule has 342 valence electrons. The number of likely N-dealkylation sites (tertiary alicyclic amines) is 1. The SMILES string of the molecule is O=C(COc1cccc2c1C(=O)N(C1CCC(=O)NC1=O)C2=O)NCCCCCN1CCN(c2ccc(C(=O)N3CCCC(Nc4ncc(Cl)c(-c5c[nH]c6ccccc56)n4)C3)cc2)CC1. The van der Waals surface area contributed by atoms with E-state index in [2.05, 4.69) is 35.7 Å². The summed E-state index contributed by atoms with van der Waals surface area (Å²) in [5.41, 5.74) is 4.43. The fourth-order valence-corrected chi connectivity index (χ4v) is 9.44. The second kappa shape index (κ2) is 19.7.